The molecule has 1 aliphatic rings. The van der Waals surface area contributed by atoms with E-state index >= 15 is 0 Å². The average Bonchev–Trinajstić information content (AvgIpc) is 2.29. The van der Waals surface area contributed by atoms with Crippen LogP contribution in [0.5, 0.6) is 5.75 Å². The summed E-state index contributed by atoms with van der Waals surface area (Å²) in [4.78, 5) is 11.2. The van der Waals surface area contributed by atoms with Crippen LogP contribution in [-0.4, -0.2) is 24.7 Å². The number of nitrogens with one attached hydrogen (secondary N) is 1. The van der Waals surface area contributed by atoms with E-state index in [4.69, 9.17) is 21.4 Å². The molecule has 0 radical (unpaired) electrons. The topological polar surface area (TPSA) is 58.6 Å². The third-order valence-electron chi connectivity index (χ3n) is 2.76. The number of halogens is 1. The molecule has 0 saturated carbocycles. The Kier molecular flexibility index (Phi) is 2.92. The van der Waals surface area contributed by atoms with Gasteiger partial charge < -0.3 is 15.2 Å². The van der Waals surface area contributed by atoms with Gasteiger partial charge in [-0.25, -0.2) is 0 Å². The molecule has 1 atom stereocenters. The second kappa shape index (κ2) is 4.22. The maximum atomic E-state index is 11.2. The number of benzene rings is 1. The second-order valence-electron chi connectivity index (χ2n) is 3.64. The first kappa shape index (κ1) is 11.1. The summed E-state index contributed by atoms with van der Waals surface area (Å²) in [5.74, 6) is -0.827. The Bertz CT molecular complexity index is 433. The Balaban J connectivity index is 2.60. The van der Waals surface area contributed by atoms with Crippen molar-refractivity contribution in [2.24, 2.45) is 0 Å². The molecular formula is C11H12ClNO3. The lowest BCUT2D eigenvalue weighted by molar-refractivity contribution is -0.139. The van der Waals surface area contributed by atoms with E-state index in [1.807, 2.05) is 0 Å². The Morgan fingerprint density at radius 3 is 3.00 bits per heavy atom. The van der Waals surface area contributed by atoms with Crippen LogP contribution in [0.2, 0.25) is 5.02 Å². The first-order chi connectivity index (χ1) is 7.65. The van der Waals surface area contributed by atoms with Crippen LogP contribution in [-0.2, 0) is 4.79 Å². The predicted octanol–water partition coefficient (Wildman–Crippen LogP) is 2.33. The van der Waals surface area contributed by atoms with Crippen molar-refractivity contribution in [2.45, 2.75) is 12.3 Å². The number of methoxy groups -OCH3 is 1. The molecule has 16 heavy (non-hydrogen) atoms. The summed E-state index contributed by atoms with van der Waals surface area (Å²) in [7, 11) is 1.52. The largest absolute Gasteiger partial charge is 0.496 e. The van der Waals surface area contributed by atoms with Gasteiger partial charge in [0.25, 0.3) is 0 Å². The molecule has 1 unspecified atom stereocenters. The highest BCUT2D eigenvalue weighted by molar-refractivity contribution is 6.33. The Morgan fingerprint density at radius 1 is 1.62 bits per heavy atom. The van der Waals surface area contributed by atoms with Crippen LogP contribution < -0.4 is 10.1 Å². The second-order valence-corrected chi connectivity index (χ2v) is 4.05. The number of aliphatic carboxylic acids is 1. The first-order valence-corrected chi connectivity index (χ1v) is 5.36. The molecular weight excluding hydrogens is 230 g/mol. The number of carboxylic acid groups (broad SMARTS) is 1. The average molecular weight is 242 g/mol. The lowest BCUT2D eigenvalue weighted by atomic mass is 9.90. The molecule has 2 rings (SSSR count). The van der Waals surface area contributed by atoms with Gasteiger partial charge >= 0.3 is 5.97 Å². The summed E-state index contributed by atoms with van der Waals surface area (Å²) in [5.41, 5.74) is 1.33. The molecule has 0 spiro atoms. The minimum absolute atomic E-state index is 0.529. The van der Waals surface area contributed by atoms with E-state index in [0.29, 0.717) is 35.0 Å². The third kappa shape index (κ3) is 1.69. The standard InChI is InChI=1S/C11H12ClNO3/c1-16-8-3-2-7(12)10-9(8)6(11(14)15)4-5-13-10/h2-3,6,13H,4-5H2,1H3,(H,14,15). The Hall–Kier alpha value is -1.42. The van der Waals surface area contributed by atoms with Gasteiger partial charge in [0.1, 0.15) is 5.75 Å². The highest BCUT2D eigenvalue weighted by Gasteiger charge is 2.30. The third-order valence-corrected chi connectivity index (χ3v) is 3.07. The van der Waals surface area contributed by atoms with Gasteiger partial charge in [0.2, 0.25) is 0 Å². The molecule has 5 heteroatoms. The minimum Gasteiger partial charge on any atom is -0.496 e. The summed E-state index contributed by atoms with van der Waals surface area (Å²) in [6, 6.07) is 3.40. The molecule has 1 aromatic carbocycles. The summed E-state index contributed by atoms with van der Waals surface area (Å²) < 4.78 is 5.19. The minimum atomic E-state index is -0.844. The smallest absolute Gasteiger partial charge is 0.311 e. The molecule has 0 aliphatic carbocycles. The van der Waals surface area contributed by atoms with Crippen molar-refractivity contribution in [1.29, 1.82) is 0 Å². The number of carboxylic acids is 1. The molecule has 4 nitrogen and oxygen atoms in total. The fraction of sp³-hybridized carbons (Fsp3) is 0.364. The van der Waals surface area contributed by atoms with E-state index in [9.17, 15) is 4.79 Å². The molecule has 0 aromatic heterocycles. The first-order valence-electron chi connectivity index (χ1n) is 4.98. The van der Waals surface area contributed by atoms with Crippen LogP contribution in [0.3, 0.4) is 0 Å². The number of rotatable bonds is 2. The lowest BCUT2D eigenvalue weighted by Crippen LogP contribution is -2.23. The van der Waals surface area contributed by atoms with Crippen LogP contribution in [0.25, 0.3) is 0 Å². The van der Waals surface area contributed by atoms with Crippen molar-refractivity contribution in [2.75, 3.05) is 19.0 Å². The summed E-state index contributed by atoms with van der Waals surface area (Å²) in [6.45, 7) is 0.608. The van der Waals surface area contributed by atoms with E-state index in [-0.39, 0.29) is 0 Å². The van der Waals surface area contributed by atoms with Crippen LogP contribution in [0.1, 0.15) is 17.9 Å². The van der Waals surface area contributed by atoms with Crippen LogP contribution in [0, 0.1) is 0 Å². The van der Waals surface area contributed by atoms with Crippen molar-refractivity contribution < 1.29 is 14.6 Å². The van der Waals surface area contributed by atoms with Crippen molar-refractivity contribution in [3.8, 4) is 5.75 Å². The summed E-state index contributed by atoms with van der Waals surface area (Å²) >= 11 is 6.03. The van der Waals surface area contributed by atoms with Gasteiger partial charge in [0, 0.05) is 12.1 Å². The Labute approximate surface area is 98.2 Å². The number of anilines is 1. The number of fused-ring (bicyclic) bond motifs is 1. The van der Waals surface area contributed by atoms with Crippen molar-refractivity contribution >= 4 is 23.3 Å². The van der Waals surface area contributed by atoms with E-state index in [2.05, 4.69) is 5.32 Å². The number of hydrogen-bond acceptors (Lipinski definition) is 3. The van der Waals surface area contributed by atoms with Gasteiger partial charge in [-0.05, 0) is 18.6 Å². The maximum Gasteiger partial charge on any atom is 0.311 e. The molecule has 0 amide bonds. The highest BCUT2D eigenvalue weighted by atomic mass is 35.5. The fourth-order valence-corrected chi connectivity index (χ4v) is 2.24. The van der Waals surface area contributed by atoms with Gasteiger partial charge in [-0.3, -0.25) is 4.79 Å². The zero-order valence-electron chi connectivity index (χ0n) is 8.79. The van der Waals surface area contributed by atoms with Crippen molar-refractivity contribution in [3.05, 3.63) is 22.7 Å². The number of carbonyl (C=O) groups is 1. The van der Waals surface area contributed by atoms with Crippen LogP contribution in [0.15, 0.2) is 12.1 Å². The van der Waals surface area contributed by atoms with Gasteiger partial charge in [-0.1, -0.05) is 11.6 Å². The SMILES string of the molecule is COc1ccc(Cl)c2c1C(C(=O)O)CCN2. The maximum absolute atomic E-state index is 11.2. The predicted molar refractivity (Wildman–Crippen MR) is 61.5 cm³/mol. The van der Waals surface area contributed by atoms with Crippen molar-refractivity contribution in [1.82, 2.24) is 0 Å². The van der Waals surface area contributed by atoms with E-state index in [1.165, 1.54) is 7.11 Å². The monoisotopic (exact) mass is 241 g/mol. The van der Waals surface area contributed by atoms with Crippen molar-refractivity contribution in [3.63, 3.8) is 0 Å². The molecule has 1 heterocycles. The summed E-state index contributed by atoms with van der Waals surface area (Å²) in [5, 5.41) is 12.8. The zero-order valence-corrected chi connectivity index (χ0v) is 9.54. The lowest BCUT2D eigenvalue weighted by Gasteiger charge is -2.26. The van der Waals surface area contributed by atoms with Gasteiger partial charge in [-0.2, -0.15) is 0 Å². The molecule has 1 aromatic rings. The summed E-state index contributed by atoms with van der Waals surface area (Å²) in [6.07, 6.45) is 0.541. The molecule has 1 aliphatic heterocycles. The quantitative estimate of drug-likeness (QED) is 0.834. The highest BCUT2D eigenvalue weighted by Crippen LogP contribution is 2.42. The normalized spacial score (nSPS) is 18.5. The van der Waals surface area contributed by atoms with E-state index in [0.717, 1.165) is 0 Å². The zero-order chi connectivity index (χ0) is 11.7. The van der Waals surface area contributed by atoms with Gasteiger partial charge in [0.05, 0.1) is 23.7 Å². The number of ether oxygens (including phenoxy) is 1. The van der Waals surface area contributed by atoms with Crippen LogP contribution in [0.4, 0.5) is 5.69 Å². The van der Waals surface area contributed by atoms with Gasteiger partial charge in [0.15, 0.2) is 0 Å². The Morgan fingerprint density at radius 2 is 2.38 bits per heavy atom. The van der Waals surface area contributed by atoms with E-state index < -0.39 is 11.9 Å². The molecule has 0 fully saturated rings. The molecule has 2 N–H and O–H groups in total. The molecule has 86 valence electrons. The van der Waals surface area contributed by atoms with Crippen LogP contribution >= 0.6 is 11.6 Å². The molecule has 0 bridgehead atoms. The fourth-order valence-electron chi connectivity index (χ4n) is 2.01. The van der Waals surface area contributed by atoms with E-state index in [1.54, 1.807) is 12.1 Å². The van der Waals surface area contributed by atoms with Gasteiger partial charge in [-0.15, -0.1) is 0 Å². The molecule has 0 saturated heterocycles. The number of hydrogen-bond donors (Lipinski definition) is 2.